The van der Waals surface area contributed by atoms with E-state index in [-0.39, 0.29) is 17.5 Å². The Kier molecular flexibility index (Phi) is 4.73. The number of nitrogens with zero attached hydrogens (tertiary/aromatic N) is 3. The molecule has 0 unspecified atom stereocenters. The molecular formula is C13H15FN4OS. The first-order valence-electron chi connectivity index (χ1n) is 6.16. The summed E-state index contributed by atoms with van der Waals surface area (Å²) >= 11 is 1.32. The molecule has 7 heteroatoms. The van der Waals surface area contributed by atoms with Crippen LogP contribution in [-0.4, -0.2) is 26.4 Å². The number of aromatic nitrogens is 3. The molecule has 1 aromatic heterocycles. The highest BCUT2D eigenvalue weighted by molar-refractivity contribution is 7.99. The SMILES string of the molecule is CCc1nnc(SCC(=O)Nc2ccc(F)cc2)n1C. The predicted molar refractivity (Wildman–Crippen MR) is 76.1 cm³/mol. The van der Waals surface area contributed by atoms with E-state index in [1.165, 1.54) is 36.0 Å². The van der Waals surface area contributed by atoms with Crippen LogP contribution in [0.15, 0.2) is 29.4 Å². The van der Waals surface area contributed by atoms with Gasteiger partial charge in [0, 0.05) is 19.2 Å². The summed E-state index contributed by atoms with van der Waals surface area (Å²) in [6.07, 6.45) is 0.797. The number of anilines is 1. The maximum absolute atomic E-state index is 12.7. The van der Waals surface area contributed by atoms with Crippen LogP contribution in [0.25, 0.3) is 0 Å². The number of nitrogens with one attached hydrogen (secondary N) is 1. The maximum Gasteiger partial charge on any atom is 0.234 e. The van der Waals surface area contributed by atoms with Crippen molar-refractivity contribution in [2.75, 3.05) is 11.1 Å². The molecule has 0 aliphatic carbocycles. The molecule has 1 N–H and O–H groups in total. The lowest BCUT2D eigenvalue weighted by Crippen LogP contribution is -2.14. The van der Waals surface area contributed by atoms with Crippen molar-refractivity contribution in [2.45, 2.75) is 18.5 Å². The summed E-state index contributed by atoms with van der Waals surface area (Å²) in [5.74, 6) is 0.616. The van der Waals surface area contributed by atoms with E-state index in [1.54, 1.807) is 0 Å². The summed E-state index contributed by atoms with van der Waals surface area (Å²) in [6, 6.07) is 5.66. The Morgan fingerprint density at radius 1 is 1.35 bits per heavy atom. The van der Waals surface area contributed by atoms with Crippen molar-refractivity contribution in [3.05, 3.63) is 35.9 Å². The molecule has 0 radical (unpaired) electrons. The molecule has 2 rings (SSSR count). The Morgan fingerprint density at radius 3 is 2.65 bits per heavy atom. The molecule has 0 atom stereocenters. The molecule has 5 nitrogen and oxygen atoms in total. The number of rotatable bonds is 5. The first kappa shape index (κ1) is 14.5. The Labute approximate surface area is 120 Å². The zero-order valence-electron chi connectivity index (χ0n) is 11.3. The fourth-order valence-electron chi connectivity index (χ4n) is 1.64. The molecule has 1 heterocycles. The molecule has 0 aliphatic heterocycles. The molecule has 0 aliphatic rings. The molecule has 0 saturated heterocycles. The maximum atomic E-state index is 12.7. The molecule has 0 bridgehead atoms. The summed E-state index contributed by atoms with van der Waals surface area (Å²) in [5, 5.41) is 11.4. The number of halogens is 1. The molecule has 1 amide bonds. The van der Waals surface area contributed by atoms with E-state index < -0.39 is 0 Å². The van der Waals surface area contributed by atoms with E-state index in [1.807, 2.05) is 18.5 Å². The lowest BCUT2D eigenvalue weighted by molar-refractivity contribution is -0.113. The minimum absolute atomic E-state index is 0.164. The molecule has 0 fully saturated rings. The number of hydrogen-bond acceptors (Lipinski definition) is 4. The Balaban J connectivity index is 1.88. The molecule has 0 spiro atoms. The molecule has 2 aromatic rings. The van der Waals surface area contributed by atoms with Crippen molar-refractivity contribution in [1.82, 2.24) is 14.8 Å². The van der Waals surface area contributed by atoms with Gasteiger partial charge in [-0.3, -0.25) is 4.79 Å². The topological polar surface area (TPSA) is 59.8 Å². The standard InChI is InChI=1S/C13H15FN4OS/c1-3-11-16-17-13(18(11)2)20-8-12(19)15-10-6-4-9(14)5-7-10/h4-7H,3,8H2,1-2H3,(H,15,19). The van der Waals surface area contributed by atoms with E-state index in [2.05, 4.69) is 15.5 Å². The summed E-state index contributed by atoms with van der Waals surface area (Å²) in [6.45, 7) is 2.00. The van der Waals surface area contributed by atoms with Gasteiger partial charge in [0.1, 0.15) is 11.6 Å². The normalized spacial score (nSPS) is 10.6. The summed E-state index contributed by atoms with van der Waals surface area (Å²) < 4.78 is 14.6. The number of thioether (sulfide) groups is 1. The zero-order chi connectivity index (χ0) is 14.5. The van der Waals surface area contributed by atoms with E-state index in [9.17, 15) is 9.18 Å². The largest absolute Gasteiger partial charge is 0.325 e. The van der Waals surface area contributed by atoms with Crippen molar-refractivity contribution in [3.8, 4) is 0 Å². The second-order valence-corrected chi connectivity index (χ2v) is 5.10. The van der Waals surface area contributed by atoms with E-state index in [0.29, 0.717) is 10.8 Å². The minimum Gasteiger partial charge on any atom is -0.325 e. The molecule has 1 aromatic carbocycles. The van der Waals surface area contributed by atoms with Gasteiger partial charge in [0.25, 0.3) is 0 Å². The van der Waals surface area contributed by atoms with Crippen molar-refractivity contribution in [1.29, 1.82) is 0 Å². The fourth-order valence-corrected chi connectivity index (χ4v) is 2.37. The molecule has 20 heavy (non-hydrogen) atoms. The van der Waals surface area contributed by atoms with E-state index in [0.717, 1.165) is 12.2 Å². The van der Waals surface area contributed by atoms with Crippen LogP contribution in [0.2, 0.25) is 0 Å². The summed E-state index contributed by atoms with van der Waals surface area (Å²) in [4.78, 5) is 11.8. The monoisotopic (exact) mass is 294 g/mol. The first-order valence-corrected chi connectivity index (χ1v) is 7.15. The molecular weight excluding hydrogens is 279 g/mol. The van der Waals surface area contributed by atoms with Crippen LogP contribution in [0.1, 0.15) is 12.7 Å². The third-order valence-corrected chi connectivity index (χ3v) is 3.72. The van der Waals surface area contributed by atoms with Crippen LogP contribution in [-0.2, 0) is 18.3 Å². The Bertz CT molecular complexity index is 597. The number of benzene rings is 1. The van der Waals surface area contributed by atoms with Gasteiger partial charge < -0.3 is 9.88 Å². The zero-order valence-corrected chi connectivity index (χ0v) is 12.1. The lowest BCUT2D eigenvalue weighted by Gasteiger charge is -2.05. The average molecular weight is 294 g/mol. The fraction of sp³-hybridized carbons (Fsp3) is 0.308. The van der Waals surface area contributed by atoms with Crippen molar-refractivity contribution < 1.29 is 9.18 Å². The van der Waals surface area contributed by atoms with Crippen LogP contribution in [0.4, 0.5) is 10.1 Å². The predicted octanol–water partition coefficient (Wildman–Crippen LogP) is 2.25. The van der Waals surface area contributed by atoms with Crippen molar-refractivity contribution in [3.63, 3.8) is 0 Å². The highest BCUT2D eigenvalue weighted by atomic mass is 32.2. The number of hydrogen-bond donors (Lipinski definition) is 1. The van der Waals surface area contributed by atoms with Gasteiger partial charge in [-0.2, -0.15) is 0 Å². The molecule has 0 saturated carbocycles. The highest BCUT2D eigenvalue weighted by Gasteiger charge is 2.10. The Morgan fingerprint density at radius 2 is 2.05 bits per heavy atom. The quantitative estimate of drug-likeness (QED) is 0.859. The van der Waals surface area contributed by atoms with Gasteiger partial charge >= 0.3 is 0 Å². The van der Waals surface area contributed by atoms with Gasteiger partial charge in [0.2, 0.25) is 5.91 Å². The minimum atomic E-state index is -0.330. The number of carbonyl (C=O) groups excluding carboxylic acids is 1. The Hall–Kier alpha value is -1.89. The van der Waals surface area contributed by atoms with Gasteiger partial charge in [-0.25, -0.2) is 4.39 Å². The van der Waals surface area contributed by atoms with Gasteiger partial charge in [-0.05, 0) is 24.3 Å². The van der Waals surface area contributed by atoms with Gasteiger partial charge in [-0.15, -0.1) is 10.2 Å². The van der Waals surface area contributed by atoms with Gasteiger partial charge in [0.15, 0.2) is 5.16 Å². The average Bonchev–Trinajstić information content (AvgIpc) is 2.79. The lowest BCUT2D eigenvalue weighted by atomic mass is 10.3. The summed E-state index contributed by atoms with van der Waals surface area (Å²) in [5.41, 5.74) is 0.573. The van der Waals surface area contributed by atoms with Crippen molar-refractivity contribution in [2.24, 2.45) is 7.05 Å². The van der Waals surface area contributed by atoms with Gasteiger partial charge in [-0.1, -0.05) is 18.7 Å². The third-order valence-electron chi connectivity index (χ3n) is 2.70. The number of amides is 1. The van der Waals surface area contributed by atoms with Crippen LogP contribution in [0.5, 0.6) is 0 Å². The van der Waals surface area contributed by atoms with Gasteiger partial charge in [0.05, 0.1) is 5.75 Å². The smallest absolute Gasteiger partial charge is 0.234 e. The van der Waals surface area contributed by atoms with Crippen LogP contribution in [0, 0.1) is 5.82 Å². The van der Waals surface area contributed by atoms with E-state index >= 15 is 0 Å². The second kappa shape index (κ2) is 6.51. The number of carbonyl (C=O) groups is 1. The third kappa shape index (κ3) is 3.57. The summed E-state index contributed by atoms with van der Waals surface area (Å²) in [7, 11) is 1.87. The molecule has 106 valence electrons. The van der Waals surface area contributed by atoms with Crippen LogP contribution >= 0.6 is 11.8 Å². The van der Waals surface area contributed by atoms with Crippen LogP contribution < -0.4 is 5.32 Å². The second-order valence-electron chi connectivity index (χ2n) is 4.16. The highest BCUT2D eigenvalue weighted by Crippen LogP contribution is 2.16. The van der Waals surface area contributed by atoms with Crippen LogP contribution in [0.3, 0.4) is 0 Å². The van der Waals surface area contributed by atoms with E-state index in [4.69, 9.17) is 0 Å². The first-order chi connectivity index (χ1) is 9.60. The number of aryl methyl sites for hydroxylation is 1. The van der Waals surface area contributed by atoms with Crippen molar-refractivity contribution >= 4 is 23.4 Å².